The lowest BCUT2D eigenvalue weighted by molar-refractivity contribution is -0.142. The second kappa shape index (κ2) is 9.58. The van der Waals surface area contributed by atoms with Crippen molar-refractivity contribution in [3.63, 3.8) is 0 Å². The first-order valence-electron chi connectivity index (χ1n) is 9.43. The van der Waals surface area contributed by atoms with Gasteiger partial charge >= 0.3 is 5.97 Å². The molecule has 31 heavy (non-hydrogen) atoms. The van der Waals surface area contributed by atoms with Gasteiger partial charge in [0.2, 0.25) is 5.91 Å². The van der Waals surface area contributed by atoms with Crippen LogP contribution in [-0.2, 0) is 27.8 Å². The first kappa shape index (κ1) is 21.5. The van der Waals surface area contributed by atoms with Gasteiger partial charge in [-0.05, 0) is 13.0 Å². The summed E-state index contributed by atoms with van der Waals surface area (Å²) in [6, 6.07) is 8.17. The molecule has 0 radical (unpaired) electrons. The Morgan fingerprint density at radius 2 is 2.03 bits per heavy atom. The molecule has 1 aromatic carbocycles. The van der Waals surface area contributed by atoms with Crippen molar-refractivity contribution in [1.29, 1.82) is 0 Å². The number of rotatable bonds is 8. The van der Waals surface area contributed by atoms with Gasteiger partial charge in [-0.3, -0.25) is 9.59 Å². The Hall–Kier alpha value is -2.76. The summed E-state index contributed by atoms with van der Waals surface area (Å²) in [5.41, 5.74) is 1.61. The molecule has 4 rings (SSSR count). The van der Waals surface area contributed by atoms with E-state index in [1.54, 1.807) is 23.6 Å². The number of thiophene rings is 1. The molecule has 0 aliphatic rings. The second-order valence-corrected chi connectivity index (χ2v) is 9.19. The summed E-state index contributed by atoms with van der Waals surface area (Å²) in [6.07, 6.45) is 0.0912. The van der Waals surface area contributed by atoms with Gasteiger partial charge in [0.25, 0.3) is 0 Å². The summed E-state index contributed by atoms with van der Waals surface area (Å²) in [7, 11) is 1.89. The predicted molar refractivity (Wildman–Crippen MR) is 124 cm³/mol. The van der Waals surface area contributed by atoms with Gasteiger partial charge in [0.1, 0.15) is 0 Å². The summed E-state index contributed by atoms with van der Waals surface area (Å²) in [4.78, 5) is 28.1. The van der Waals surface area contributed by atoms with Gasteiger partial charge in [-0.2, -0.15) is 0 Å². The molecule has 0 unspecified atom stereocenters. The molecule has 0 saturated carbocycles. The zero-order chi connectivity index (χ0) is 21.8. The monoisotopic (exact) mass is 473 g/mol. The Bertz CT molecular complexity index is 1230. The molecule has 11 heteroatoms. The van der Waals surface area contributed by atoms with E-state index in [-0.39, 0.29) is 24.1 Å². The van der Waals surface area contributed by atoms with Crippen LogP contribution in [0.2, 0.25) is 0 Å². The lowest BCUT2D eigenvalue weighted by atomic mass is 10.2. The number of thioether (sulfide) groups is 1. The maximum atomic E-state index is 12.3. The molecular weight excluding hydrogens is 454 g/mol. The third kappa shape index (κ3) is 4.94. The van der Waals surface area contributed by atoms with Crippen LogP contribution in [0.25, 0.3) is 21.5 Å². The van der Waals surface area contributed by atoms with Crippen molar-refractivity contribution in [2.24, 2.45) is 7.05 Å². The van der Waals surface area contributed by atoms with Crippen molar-refractivity contribution in [1.82, 2.24) is 19.7 Å². The van der Waals surface area contributed by atoms with Gasteiger partial charge in [0.15, 0.2) is 16.1 Å². The van der Waals surface area contributed by atoms with Crippen molar-refractivity contribution < 1.29 is 14.3 Å². The highest BCUT2D eigenvalue weighted by atomic mass is 32.2. The van der Waals surface area contributed by atoms with Gasteiger partial charge in [0, 0.05) is 33.5 Å². The van der Waals surface area contributed by atoms with Crippen LogP contribution >= 0.6 is 34.4 Å². The molecule has 0 aliphatic carbocycles. The number of fused-ring (bicyclic) bond motifs is 1. The van der Waals surface area contributed by atoms with Gasteiger partial charge in [-0.25, -0.2) is 4.98 Å². The SMILES string of the molecule is CCOC(=O)Cc1csc(NC(=O)CSc2nnc(-c3csc4ccccc34)n2C)n1. The molecule has 0 atom stereocenters. The molecule has 3 heterocycles. The summed E-state index contributed by atoms with van der Waals surface area (Å²) in [5, 5.41) is 17.4. The zero-order valence-electron chi connectivity index (χ0n) is 16.8. The molecule has 0 spiro atoms. The van der Waals surface area contributed by atoms with Gasteiger partial charge in [-0.15, -0.1) is 32.9 Å². The van der Waals surface area contributed by atoms with Gasteiger partial charge in [0.05, 0.1) is 24.5 Å². The maximum absolute atomic E-state index is 12.3. The Kier molecular flexibility index (Phi) is 6.64. The maximum Gasteiger partial charge on any atom is 0.311 e. The van der Waals surface area contributed by atoms with Crippen molar-refractivity contribution in [2.75, 3.05) is 17.7 Å². The molecular formula is C20H19N5O3S3. The molecule has 3 aromatic heterocycles. The molecule has 0 saturated heterocycles. The molecule has 0 bridgehead atoms. The predicted octanol–water partition coefficient (Wildman–Crippen LogP) is 3.99. The number of carbonyl (C=O) groups excluding carboxylic acids is 2. The lowest BCUT2D eigenvalue weighted by Gasteiger charge is -2.04. The minimum absolute atomic E-state index is 0.0912. The Morgan fingerprint density at radius 1 is 1.19 bits per heavy atom. The van der Waals surface area contributed by atoms with Gasteiger partial charge in [-0.1, -0.05) is 30.0 Å². The fraction of sp³-hybridized carbons (Fsp3) is 0.250. The number of hydrogen-bond donors (Lipinski definition) is 1. The fourth-order valence-electron chi connectivity index (χ4n) is 2.92. The Labute approximate surface area is 190 Å². The van der Waals surface area contributed by atoms with Crippen LogP contribution in [0.4, 0.5) is 5.13 Å². The molecule has 0 fully saturated rings. The number of amides is 1. The third-order valence-electron chi connectivity index (χ3n) is 4.32. The molecule has 8 nitrogen and oxygen atoms in total. The Morgan fingerprint density at radius 3 is 2.87 bits per heavy atom. The summed E-state index contributed by atoms with van der Waals surface area (Å²) < 4.78 is 8.00. The topological polar surface area (TPSA) is 99.0 Å². The number of thiazole rings is 1. The number of esters is 1. The van der Waals surface area contributed by atoms with E-state index in [4.69, 9.17) is 4.74 Å². The van der Waals surface area contributed by atoms with E-state index in [1.807, 2.05) is 23.7 Å². The molecule has 1 N–H and O–H groups in total. The highest BCUT2D eigenvalue weighted by molar-refractivity contribution is 7.99. The highest BCUT2D eigenvalue weighted by Crippen LogP contribution is 2.33. The average molecular weight is 474 g/mol. The number of aromatic nitrogens is 4. The van der Waals surface area contributed by atoms with E-state index in [0.717, 1.165) is 16.8 Å². The van der Waals surface area contributed by atoms with Crippen molar-refractivity contribution >= 4 is 61.5 Å². The van der Waals surface area contributed by atoms with Crippen LogP contribution in [0.15, 0.2) is 40.2 Å². The van der Waals surface area contributed by atoms with E-state index in [0.29, 0.717) is 22.6 Å². The third-order valence-corrected chi connectivity index (χ3v) is 7.11. The van der Waals surface area contributed by atoms with E-state index < -0.39 is 0 Å². The quantitative estimate of drug-likeness (QED) is 0.305. The largest absolute Gasteiger partial charge is 0.466 e. The van der Waals surface area contributed by atoms with E-state index >= 15 is 0 Å². The number of nitrogens with zero attached hydrogens (tertiary/aromatic N) is 4. The van der Waals surface area contributed by atoms with E-state index in [9.17, 15) is 9.59 Å². The molecule has 0 aliphatic heterocycles. The molecule has 1 amide bonds. The number of benzene rings is 1. The fourth-order valence-corrected chi connectivity index (χ4v) is 5.29. The van der Waals surface area contributed by atoms with Crippen LogP contribution in [0.1, 0.15) is 12.6 Å². The highest BCUT2D eigenvalue weighted by Gasteiger charge is 2.16. The van der Waals surface area contributed by atoms with Crippen LogP contribution < -0.4 is 5.32 Å². The minimum Gasteiger partial charge on any atom is -0.466 e. The van der Waals surface area contributed by atoms with Crippen molar-refractivity contribution in [3.05, 3.63) is 40.7 Å². The first-order chi connectivity index (χ1) is 15.0. The van der Waals surface area contributed by atoms with E-state index in [1.165, 1.54) is 27.8 Å². The summed E-state index contributed by atoms with van der Waals surface area (Å²) in [6.45, 7) is 2.08. The summed E-state index contributed by atoms with van der Waals surface area (Å²) in [5.74, 6) is 0.401. The normalized spacial score (nSPS) is 11.0. The number of hydrogen-bond acceptors (Lipinski definition) is 9. The number of nitrogens with one attached hydrogen (secondary N) is 1. The number of ether oxygens (including phenoxy) is 1. The molecule has 160 valence electrons. The van der Waals surface area contributed by atoms with Gasteiger partial charge < -0.3 is 14.6 Å². The van der Waals surface area contributed by atoms with Crippen LogP contribution in [0.5, 0.6) is 0 Å². The van der Waals surface area contributed by atoms with Crippen molar-refractivity contribution in [2.45, 2.75) is 18.5 Å². The average Bonchev–Trinajstić information content (AvgIpc) is 3.45. The van der Waals surface area contributed by atoms with Crippen LogP contribution in [-0.4, -0.2) is 44.0 Å². The second-order valence-electron chi connectivity index (χ2n) is 6.47. The first-order valence-corrected chi connectivity index (χ1v) is 12.2. The van der Waals surface area contributed by atoms with Crippen LogP contribution in [0.3, 0.4) is 0 Å². The number of carbonyl (C=O) groups is 2. The zero-order valence-corrected chi connectivity index (χ0v) is 19.3. The Balaban J connectivity index is 1.36. The smallest absolute Gasteiger partial charge is 0.311 e. The van der Waals surface area contributed by atoms with Crippen molar-refractivity contribution in [3.8, 4) is 11.4 Å². The number of anilines is 1. The summed E-state index contributed by atoms with van der Waals surface area (Å²) >= 11 is 4.25. The standard InChI is InChI=1S/C20H19N5O3S3/c1-3-28-17(27)8-12-9-30-19(21-12)22-16(26)11-31-20-24-23-18(25(20)2)14-10-29-15-7-5-4-6-13(14)15/h4-7,9-10H,3,8,11H2,1-2H3,(H,21,22,26). The molecule has 4 aromatic rings. The lowest BCUT2D eigenvalue weighted by Crippen LogP contribution is -2.14. The van der Waals surface area contributed by atoms with E-state index in [2.05, 4.69) is 38.0 Å². The minimum atomic E-state index is -0.335. The van der Waals surface area contributed by atoms with Crippen LogP contribution in [0, 0.1) is 0 Å².